The largest absolute Gasteiger partial charge is 0.493 e. The van der Waals surface area contributed by atoms with E-state index in [1.54, 1.807) is 89.7 Å². The highest BCUT2D eigenvalue weighted by molar-refractivity contribution is 5.91. The van der Waals surface area contributed by atoms with Gasteiger partial charge in [0.25, 0.3) is 0 Å². The normalized spacial score (nSPS) is 11.0. The van der Waals surface area contributed by atoms with Gasteiger partial charge in [0.15, 0.2) is 11.5 Å². The van der Waals surface area contributed by atoms with E-state index < -0.39 is 28.9 Å². The third kappa shape index (κ3) is 6.34. The summed E-state index contributed by atoms with van der Waals surface area (Å²) in [7, 11) is 6.66. The van der Waals surface area contributed by atoms with E-state index in [1.807, 2.05) is 0 Å². The second-order valence-corrected chi connectivity index (χ2v) is 10.6. The number of fused-ring (bicyclic) bond motifs is 1. The summed E-state index contributed by atoms with van der Waals surface area (Å²) >= 11 is 0. The van der Waals surface area contributed by atoms with Gasteiger partial charge in [-0.25, -0.2) is 18.5 Å². The fraction of sp³-hybridized carbons (Fsp3) is 0.212. The van der Waals surface area contributed by atoms with Gasteiger partial charge in [0.1, 0.15) is 17.3 Å². The number of rotatable bonds is 9. The third-order valence-corrected chi connectivity index (χ3v) is 7.05. The van der Waals surface area contributed by atoms with E-state index in [9.17, 15) is 18.8 Å². The van der Waals surface area contributed by atoms with Crippen LogP contribution in [0.2, 0.25) is 0 Å². The second-order valence-electron chi connectivity index (χ2n) is 10.6. The first kappa shape index (κ1) is 31.6. The molecule has 2 heterocycles. The molecule has 0 fully saturated rings. The van der Waals surface area contributed by atoms with Gasteiger partial charge in [-0.15, -0.1) is 0 Å². The maximum Gasteiger partial charge on any atom is 0.417 e. The quantitative estimate of drug-likeness (QED) is 0.217. The third-order valence-electron chi connectivity index (χ3n) is 7.05. The molecule has 0 saturated heterocycles. The maximum atomic E-state index is 13.5. The highest BCUT2D eigenvalue weighted by Gasteiger charge is 2.20. The maximum absolute atomic E-state index is 13.5. The Bertz CT molecular complexity index is 2040. The molecule has 0 aliphatic carbocycles. The molecule has 0 radical (unpaired) electrons. The molecule has 12 nitrogen and oxygen atoms in total. The number of anilines is 2. The van der Waals surface area contributed by atoms with Crippen LogP contribution in [0.15, 0.2) is 82.6 Å². The number of carbonyl (C=O) groups is 1. The lowest BCUT2D eigenvalue weighted by molar-refractivity contribution is 0.213. The van der Waals surface area contributed by atoms with Gasteiger partial charge in [0.05, 0.1) is 43.0 Å². The molecular weight excluding hydrogens is 597 g/mol. The number of carbonyl (C=O) groups excluding carboxylic acids is 1. The second kappa shape index (κ2) is 13.0. The van der Waals surface area contributed by atoms with Crippen molar-refractivity contribution in [1.29, 1.82) is 0 Å². The number of pyridine rings is 1. The van der Waals surface area contributed by atoms with Gasteiger partial charge in [0.2, 0.25) is 5.75 Å². The lowest BCUT2D eigenvalue weighted by atomic mass is 10.1. The Morgan fingerprint density at radius 1 is 0.913 bits per heavy atom. The Balaban J connectivity index is 1.43. The minimum absolute atomic E-state index is 0.127. The van der Waals surface area contributed by atoms with Crippen LogP contribution < -0.4 is 40.4 Å². The van der Waals surface area contributed by atoms with Crippen LogP contribution in [0.4, 0.5) is 20.6 Å². The molecule has 238 valence electrons. The summed E-state index contributed by atoms with van der Waals surface area (Å²) in [5, 5.41) is 3.36. The number of halogens is 1. The van der Waals surface area contributed by atoms with Gasteiger partial charge in [-0.2, -0.15) is 0 Å². The van der Waals surface area contributed by atoms with E-state index >= 15 is 0 Å². The van der Waals surface area contributed by atoms with Gasteiger partial charge < -0.3 is 23.8 Å². The van der Waals surface area contributed by atoms with Crippen LogP contribution in [0.1, 0.15) is 19.9 Å². The van der Waals surface area contributed by atoms with E-state index in [4.69, 9.17) is 18.9 Å². The Kier molecular flexibility index (Phi) is 8.94. The van der Waals surface area contributed by atoms with E-state index in [2.05, 4.69) is 10.3 Å². The van der Waals surface area contributed by atoms with Crippen LogP contribution in [0.25, 0.3) is 16.6 Å². The molecule has 0 aliphatic rings. The van der Waals surface area contributed by atoms with Gasteiger partial charge in [0, 0.05) is 43.9 Å². The lowest BCUT2D eigenvalue weighted by Gasteiger charge is -2.20. The van der Waals surface area contributed by atoms with Crippen molar-refractivity contribution in [3.8, 4) is 34.4 Å². The summed E-state index contributed by atoms with van der Waals surface area (Å²) in [4.78, 5) is 45.7. The molecule has 13 heteroatoms. The average Bonchev–Trinajstić information content (AvgIpc) is 3.03. The van der Waals surface area contributed by atoms with Crippen molar-refractivity contribution in [3.05, 3.63) is 99.7 Å². The fourth-order valence-corrected chi connectivity index (χ4v) is 4.76. The number of nitrogens with one attached hydrogen (secondary N) is 1. The molecule has 0 bridgehead atoms. The summed E-state index contributed by atoms with van der Waals surface area (Å²) in [5.74, 6) is 1.13. The Hall–Kier alpha value is -5.85. The lowest BCUT2D eigenvalue weighted by Crippen LogP contribution is -2.40. The van der Waals surface area contributed by atoms with Crippen LogP contribution in [0.3, 0.4) is 0 Å². The summed E-state index contributed by atoms with van der Waals surface area (Å²) in [5.41, 5.74) is 0.170. The number of amides is 1. The SMILES string of the molecule is COc1cc2nccc(Oc3ccc(NC(=O)Oc4cn(C(C)C)c(=O)n(-c5ccc(F)cc5)c4=O)c(N(C)C)c3)c2cc1OC. The average molecular weight is 630 g/mol. The van der Waals surface area contributed by atoms with Crippen molar-refractivity contribution in [2.75, 3.05) is 38.5 Å². The number of ether oxygens (including phenoxy) is 4. The molecule has 0 spiro atoms. The van der Waals surface area contributed by atoms with Crippen molar-refractivity contribution in [1.82, 2.24) is 14.1 Å². The highest BCUT2D eigenvalue weighted by atomic mass is 19.1. The topological polar surface area (TPSA) is 126 Å². The van der Waals surface area contributed by atoms with Crippen LogP contribution in [0.5, 0.6) is 28.7 Å². The van der Waals surface area contributed by atoms with E-state index in [0.717, 1.165) is 16.7 Å². The Morgan fingerprint density at radius 2 is 1.61 bits per heavy atom. The first-order valence-corrected chi connectivity index (χ1v) is 14.1. The van der Waals surface area contributed by atoms with Crippen LogP contribution in [0, 0.1) is 5.82 Å². The van der Waals surface area contributed by atoms with Crippen LogP contribution >= 0.6 is 0 Å². The summed E-state index contributed by atoms with van der Waals surface area (Å²) in [6.45, 7) is 3.47. The van der Waals surface area contributed by atoms with E-state index in [0.29, 0.717) is 45.3 Å². The number of methoxy groups -OCH3 is 2. The first-order chi connectivity index (χ1) is 22.0. The van der Waals surface area contributed by atoms with Gasteiger partial charge in [-0.3, -0.25) is 19.7 Å². The van der Waals surface area contributed by atoms with Crippen molar-refractivity contribution >= 4 is 28.4 Å². The molecule has 1 N–H and O–H groups in total. The zero-order chi connectivity index (χ0) is 33.1. The monoisotopic (exact) mass is 629 g/mol. The standard InChI is InChI=1S/C33H32FN5O7/c1-19(2)38-18-30(31(40)39(33(38)42)21-9-7-20(34)8-10-21)46-32(41)36-24-12-11-22(15-26(24)37(3)4)45-27-13-14-35-25-17-29(44-6)28(43-5)16-23(25)27/h7-19H,1-6H3,(H,36,41). The van der Waals surface area contributed by atoms with Crippen LogP contribution in [-0.2, 0) is 0 Å². The number of aromatic nitrogens is 3. The molecular formula is C33H32FN5O7. The Labute approximate surface area is 263 Å². The molecule has 3 aromatic carbocycles. The van der Waals surface area contributed by atoms with Crippen molar-refractivity contribution < 1.29 is 28.1 Å². The number of nitrogens with zero attached hydrogens (tertiary/aromatic N) is 4. The minimum Gasteiger partial charge on any atom is -0.493 e. The minimum atomic E-state index is -0.963. The van der Waals surface area contributed by atoms with Gasteiger partial charge >= 0.3 is 17.3 Å². The predicted molar refractivity (Wildman–Crippen MR) is 172 cm³/mol. The highest BCUT2D eigenvalue weighted by Crippen LogP contribution is 2.38. The van der Waals surface area contributed by atoms with E-state index in [1.165, 1.54) is 22.9 Å². The zero-order valence-electron chi connectivity index (χ0n) is 26.0. The Morgan fingerprint density at radius 3 is 2.26 bits per heavy atom. The van der Waals surface area contributed by atoms with E-state index in [-0.39, 0.29) is 11.7 Å². The molecule has 0 saturated carbocycles. The van der Waals surface area contributed by atoms with Crippen molar-refractivity contribution in [2.45, 2.75) is 19.9 Å². The fourth-order valence-electron chi connectivity index (χ4n) is 4.76. The molecule has 5 rings (SSSR count). The first-order valence-electron chi connectivity index (χ1n) is 14.1. The molecule has 0 aliphatic heterocycles. The zero-order valence-corrected chi connectivity index (χ0v) is 26.0. The number of hydrogen-bond donors (Lipinski definition) is 1. The molecule has 0 atom stereocenters. The van der Waals surface area contributed by atoms with Crippen molar-refractivity contribution in [2.24, 2.45) is 0 Å². The van der Waals surface area contributed by atoms with Gasteiger partial charge in [-0.1, -0.05) is 0 Å². The molecule has 1 amide bonds. The number of hydrogen-bond acceptors (Lipinski definition) is 9. The summed E-state index contributed by atoms with van der Waals surface area (Å²) in [6, 6.07) is 14.7. The summed E-state index contributed by atoms with van der Waals surface area (Å²) < 4.78 is 38.1. The molecule has 2 aromatic heterocycles. The summed E-state index contributed by atoms with van der Waals surface area (Å²) in [6.07, 6.45) is 1.84. The molecule has 46 heavy (non-hydrogen) atoms. The molecule has 0 unspecified atom stereocenters. The van der Waals surface area contributed by atoms with Crippen LogP contribution in [-0.4, -0.2) is 48.5 Å². The van der Waals surface area contributed by atoms with Gasteiger partial charge in [-0.05, 0) is 62.4 Å². The molecule has 5 aromatic rings. The predicted octanol–water partition coefficient (Wildman–Crippen LogP) is 5.75. The van der Waals surface area contributed by atoms with Crippen molar-refractivity contribution in [3.63, 3.8) is 0 Å². The number of benzene rings is 3. The smallest absolute Gasteiger partial charge is 0.417 e.